The van der Waals surface area contributed by atoms with Crippen LogP contribution >= 0.6 is 0 Å². The molecule has 1 heterocycles. The number of carbonyl (C=O) groups excluding carboxylic acids is 4. The van der Waals surface area contributed by atoms with Crippen LogP contribution in [0.5, 0.6) is 0 Å². The molecule has 0 radical (unpaired) electrons. The number of hydrogen-bond acceptors (Lipinski definition) is 6. The van der Waals surface area contributed by atoms with Gasteiger partial charge >= 0.3 is 6.09 Å². The van der Waals surface area contributed by atoms with Crippen LogP contribution in [0.1, 0.15) is 61.3 Å². The topological polar surface area (TPSA) is 143 Å². The van der Waals surface area contributed by atoms with Gasteiger partial charge in [0.2, 0.25) is 11.8 Å². The molecule has 5 atom stereocenters. The first kappa shape index (κ1) is 26.6. The van der Waals surface area contributed by atoms with Crippen LogP contribution in [0.4, 0.5) is 4.79 Å². The zero-order valence-corrected chi connectivity index (χ0v) is 20.8. The first-order valence-electron chi connectivity index (χ1n) is 11.3. The summed E-state index contributed by atoms with van der Waals surface area (Å²) in [7, 11) is 0. The number of likely N-dealkylation sites (tertiary alicyclic amines) is 1. The molecule has 0 spiro atoms. The molecule has 186 valence electrons. The highest BCUT2D eigenvalue weighted by Gasteiger charge is 2.60. The van der Waals surface area contributed by atoms with Gasteiger partial charge in [0.1, 0.15) is 23.2 Å². The number of alkyl carbamates (subject to hydrolysis) is 1. The Morgan fingerprint density at radius 1 is 1.18 bits per heavy atom. The van der Waals surface area contributed by atoms with Crippen molar-refractivity contribution in [2.75, 3.05) is 6.54 Å². The quantitative estimate of drug-likeness (QED) is 0.201. The summed E-state index contributed by atoms with van der Waals surface area (Å²) in [4.78, 5) is 53.1. The van der Waals surface area contributed by atoms with E-state index >= 15 is 0 Å². The van der Waals surface area contributed by atoms with Crippen LogP contribution < -0.4 is 21.9 Å². The van der Waals surface area contributed by atoms with Crippen LogP contribution in [0.25, 0.3) is 0 Å². The lowest BCUT2D eigenvalue weighted by molar-refractivity contribution is -0.143. The van der Waals surface area contributed by atoms with Crippen LogP contribution in [0.2, 0.25) is 0 Å². The summed E-state index contributed by atoms with van der Waals surface area (Å²) in [5.74, 6) is 3.86. The Labute approximate surface area is 196 Å². The highest BCUT2D eigenvalue weighted by Crippen LogP contribution is 2.45. The maximum atomic E-state index is 13.6. The molecule has 1 saturated heterocycles. The second kappa shape index (κ2) is 9.32. The zero-order chi connectivity index (χ0) is 25.4. The van der Waals surface area contributed by atoms with Gasteiger partial charge in [-0.05, 0) is 44.9 Å². The molecule has 4 amide bonds. The SMILES string of the molecule is C=CC1C[C@]1(NC(=O)[C@@H]1C[C@@H](C)CN1C(=O)[C@@H](NC(=O)OC(C)(C)C)C(C)(C)C)C(=O)NN. The summed E-state index contributed by atoms with van der Waals surface area (Å²) < 4.78 is 5.34. The minimum absolute atomic E-state index is 0.0699. The maximum Gasteiger partial charge on any atom is 0.408 e. The number of hydrazine groups is 1. The zero-order valence-electron chi connectivity index (χ0n) is 20.8. The van der Waals surface area contributed by atoms with Gasteiger partial charge in [-0.3, -0.25) is 19.8 Å². The fourth-order valence-electron chi connectivity index (χ4n) is 4.24. The summed E-state index contributed by atoms with van der Waals surface area (Å²) in [6.45, 7) is 16.7. The Kier molecular flexibility index (Phi) is 7.52. The van der Waals surface area contributed by atoms with Crippen LogP contribution in [-0.4, -0.2) is 58.5 Å². The molecule has 0 aromatic rings. The van der Waals surface area contributed by atoms with E-state index in [1.54, 1.807) is 26.8 Å². The van der Waals surface area contributed by atoms with Gasteiger partial charge in [0.15, 0.2) is 0 Å². The maximum absolute atomic E-state index is 13.6. The summed E-state index contributed by atoms with van der Waals surface area (Å²) in [6, 6.07) is -1.68. The Morgan fingerprint density at radius 3 is 2.24 bits per heavy atom. The fourth-order valence-corrected chi connectivity index (χ4v) is 4.24. The molecule has 1 unspecified atom stereocenters. The molecule has 10 nitrogen and oxygen atoms in total. The Bertz CT molecular complexity index is 815. The van der Waals surface area contributed by atoms with Crippen LogP contribution in [0.15, 0.2) is 12.7 Å². The number of nitrogens with zero attached hydrogens (tertiary/aromatic N) is 1. The summed E-state index contributed by atoms with van der Waals surface area (Å²) in [5, 5.41) is 5.50. The first-order chi connectivity index (χ1) is 15.1. The standard InChI is InChI=1S/C23H39N5O5/c1-9-14-11-23(14,19(31)27-24)26-17(29)15-10-13(2)12-28(15)18(30)16(21(3,4)5)25-20(32)33-22(6,7)8/h9,13-16H,1,10-12,24H2,2-8H3,(H,25,32)(H,26,29)(H,27,31)/t13-,14?,15+,16-,23-/m1/s1. The van der Waals surface area contributed by atoms with Gasteiger partial charge in [0.25, 0.3) is 5.91 Å². The van der Waals surface area contributed by atoms with Crippen molar-refractivity contribution in [3.05, 3.63) is 12.7 Å². The van der Waals surface area contributed by atoms with Crippen molar-refractivity contribution in [2.24, 2.45) is 23.1 Å². The molecular formula is C23H39N5O5. The normalized spacial score (nSPS) is 27.9. The minimum atomic E-state index is -1.15. The molecule has 0 aromatic heterocycles. The third-order valence-corrected chi connectivity index (χ3v) is 6.05. The predicted octanol–water partition coefficient (Wildman–Crippen LogP) is 1.21. The number of nitrogens with two attached hydrogens (primary N) is 1. The Morgan fingerprint density at radius 2 is 1.79 bits per heavy atom. The largest absolute Gasteiger partial charge is 0.444 e. The van der Waals surface area contributed by atoms with E-state index in [-0.39, 0.29) is 17.7 Å². The van der Waals surface area contributed by atoms with Gasteiger partial charge in [-0.25, -0.2) is 10.6 Å². The van der Waals surface area contributed by atoms with Crippen LogP contribution in [0, 0.1) is 17.3 Å². The number of ether oxygens (including phenoxy) is 1. The Hall–Kier alpha value is -2.62. The minimum Gasteiger partial charge on any atom is -0.444 e. The van der Waals surface area contributed by atoms with Crippen molar-refractivity contribution < 1.29 is 23.9 Å². The molecule has 5 N–H and O–H groups in total. The number of carbonyl (C=O) groups is 4. The van der Waals surface area contributed by atoms with Gasteiger partial charge < -0.3 is 20.3 Å². The van der Waals surface area contributed by atoms with E-state index < -0.39 is 46.5 Å². The summed E-state index contributed by atoms with van der Waals surface area (Å²) >= 11 is 0. The van der Waals surface area contributed by atoms with Crippen molar-refractivity contribution >= 4 is 23.8 Å². The van der Waals surface area contributed by atoms with Crippen LogP contribution in [-0.2, 0) is 19.1 Å². The number of nitrogens with one attached hydrogen (secondary N) is 3. The van der Waals surface area contributed by atoms with Crippen LogP contribution in [0.3, 0.4) is 0 Å². The molecule has 1 aliphatic carbocycles. The Balaban J connectivity index is 2.23. The van der Waals surface area contributed by atoms with Crippen molar-refractivity contribution in [1.82, 2.24) is 21.0 Å². The third kappa shape index (κ3) is 6.04. The summed E-state index contributed by atoms with van der Waals surface area (Å²) in [6.07, 6.45) is 1.75. The molecule has 33 heavy (non-hydrogen) atoms. The summed E-state index contributed by atoms with van der Waals surface area (Å²) in [5.41, 5.74) is -0.392. The lowest BCUT2D eigenvalue weighted by Crippen LogP contribution is -2.60. The van der Waals surface area contributed by atoms with E-state index in [0.29, 0.717) is 19.4 Å². The van der Waals surface area contributed by atoms with Gasteiger partial charge in [-0.2, -0.15) is 0 Å². The molecule has 2 fully saturated rings. The van der Waals surface area contributed by atoms with E-state index in [4.69, 9.17) is 10.6 Å². The highest BCUT2D eigenvalue weighted by atomic mass is 16.6. The molecule has 1 saturated carbocycles. The fraction of sp³-hybridized carbons (Fsp3) is 0.739. The van der Waals surface area contributed by atoms with Crippen molar-refractivity contribution in [3.63, 3.8) is 0 Å². The molecule has 0 bridgehead atoms. The van der Waals surface area contributed by atoms with Crippen molar-refractivity contribution in [3.8, 4) is 0 Å². The lowest BCUT2D eigenvalue weighted by Gasteiger charge is -2.36. The second-order valence-electron chi connectivity index (χ2n) is 11.3. The number of rotatable bonds is 6. The molecular weight excluding hydrogens is 426 g/mol. The highest BCUT2D eigenvalue weighted by molar-refractivity contribution is 5.98. The van der Waals surface area contributed by atoms with Gasteiger partial charge in [-0.15, -0.1) is 6.58 Å². The van der Waals surface area contributed by atoms with Crippen molar-refractivity contribution in [1.29, 1.82) is 0 Å². The second-order valence-corrected chi connectivity index (χ2v) is 11.3. The average Bonchev–Trinajstić information content (AvgIpc) is 3.25. The van der Waals surface area contributed by atoms with Gasteiger partial charge in [0, 0.05) is 12.5 Å². The monoisotopic (exact) mass is 465 g/mol. The smallest absolute Gasteiger partial charge is 0.408 e. The number of hydrogen-bond donors (Lipinski definition) is 4. The molecule has 2 rings (SSSR count). The number of amides is 4. The van der Waals surface area contributed by atoms with Gasteiger partial charge in [-0.1, -0.05) is 33.8 Å². The molecule has 2 aliphatic rings. The van der Waals surface area contributed by atoms with E-state index in [2.05, 4.69) is 22.6 Å². The van der Waals surface area contributed by atoms with E-state index in [1.165, 1.54) is 4.90 Å². The molecule has 10 heteroatoms. The van der Waals surface area contributed by atoms with E-state index in [0.717, 1.165) is 0 Å². The van der Waals surface area contributed by atoms with E-state index in [9.17, 15) is 19.2 Å². The predicted molar refractivity (Wildman–Crippen MR) is 123 cm³/mol. The van der Waals surface area contributed by atoms with Gasteiger partial charge in [0.05, 0.1) is 0 Å². The third-order valence-electron chi connectivity index (χ3n) is 6.05. The van der Waals surface area contributed by atoms with Crippen molar-refractivity contribution in [2.45, 2.75) is 84.5 Å². The average molecular weight is 466 g/mol. The molecule has 0 aromatic carbocycles. The van der Waals surface area contributed by atoms with E-state index in [1.807, 2.05) is 27.7 Å². The lowest BCUT2D eigenvalue weighted by atomic mass is 9.85. The molecule has 1 aliphatic heterocycles. The first-order valence-corrected chi connectivity index (χ1v) is 11.3.